The number of carbonyl (C=O) groups is 1. The molecule has 0 aliphatic heterocycles. The molecule has 0 bridgehead atoms. The molecule has 0 aliphatic carbocycles. The summed E-state index contributed by atoms with van der Waals surface area (Å²) in [6, 6.07) is 0. The third kappa shape index (κ3) is 6.86. The van der Waals surface area contributed by atoms with Crippen molar-refractivity contribution in [2.75, 3.05) is 39.8 Å². The first kappa shape index (κ1) is 13.4. The van der Waals surface area contributed by atoms with Crippen LogP contribution in [0.1, 0.15) is 20.3 Å². The minimum atomic E-state index is -0.754. The fourth-order valence-corrected chi connectivity index (χ4v) is 1.41. The van der Waals surface area contributed by atoms with Crippen LogP contribution in [-0.4, -0.2) is 60.6 Å². The van der Waals surface area contributed by atoms with Gasteiger partial charge in [0.25, 0.3) is 0 Å². The Balaban J connectivity index is 3.47. The maximum absolute atomic E-state index is 10.4. The molecule has 1 N–H and O–H groups in total. The van der Waals surface area contributed by atoms with E-state index in [9.17, 15) is 4.79 Å². The molecule has 0 saturated heterocycles. The summed E-state index contributed by atoms with van der Waals surface area (Å²) in [6.45, 7) is 8.46. The van der Waals surface area contributed by atoms with Gasteiger partial charge in [0.2, 0.25) is 0 Å². The van der Waals surface area contributed by atoms with Crippen LogP contribution in [-0.2, 0) is 4.79 Å². The lowest BCUT2D eigenvalue weighted by Crippen LogP contribution is -2.30. The SMILES string of the molecule is CCN(CC)CCCN(C)CC(=O)O. The van der Waals surface area contributed by atoms with Gasteiger partial charge in [0.15, 0.2) is 0 Å². The van der Waals surface area contributed by atoms with E-state index in [1.54, 1.807) is 0 Å². The van der Waals surface area contributed by atoms with Gasteiger partial charge < -0.3 is 10.0 Å². The van der Waals surface area contributed by atoms with E-state index in [1.165, 1.54) is 0 Å². The lowest BCUT2D eigenvalue weighted by Gasteiger charge is -2.20. The van der Waals surface area contributed by atoms with Gasteiger partial charge in [-0.1, -0.05) is 13.8 Å². The summed E-state index contributed by atoms with van der Waals surface area (Å²) in [5, 5.41) is 8.53. The highest BCUT2D eigenvalue weighted by Gasteiger charge is 2.04. The van der Waals surface area contributed by atoms with Crippen LogP contribution in [0.3, 0.4) is 0 Å². The molecule has 0 spiro atoms. The lowest BCUT2D eigenvalue weighted by atomic mass is 10.3. The van der Waals surface area contributed by atoms with Gasteiger partial charge in [0.05, 0.1) is 6.54 Å². The molecule has 0 unspecified atom stereocenters. The molecule has 14 heavy (non-hydrogen) atoms. The maximum Gasteiger partial charge on any atom is 0.317 e. The summed E-state index contributed by atoms with van der Waals surface area (Å²) in [6.07, 6.45) is 1.03. The summed E-state index contributed by atoms with van der Waals surface area (Å²) in [7, 11) is 1.84. The molecule has 0 heterocycles. The van der Waals surface area contributed by atoms with Gasteiger partial charge in [-0.25, -0.2) is 0 Å². The quantitative estimate of drug-likeness (QED) is 0.630. The molecule has 0 aromatic rings. The van der Waals surface area contributed by atoms with Crippen molar-refractivity contribution in [3.63, 3.8) is 0 Å². The monoisotopic (exact) mass is 202 g/mol. The van der Waals surface area contributed by atoms with E-state index in [-0.39, 0.29) is 6.54 Å². The minimum absolute atomic E-state index is 0.137. The molecule has 0 radical (unpaired) electrons. The van der Waals surface area contributed by atoms with Gasteiger partial charge >= 0.3 is 5.97 Å². The highest BCUT2D eigenvalue weighted by atomic mass is 16.4. The second-order valence-corrected chi connectivity index (χ2v) is 3.51. The Hall–Kier alpha value is -0.610. The number of hydrogen-bond donors (Lipinski definition) is 1. The van der Waals surface area contributed by atoms with Crippen LogP contribution < -0.4 is 0 Å². The molecular formula is C10H22N2O2. The molecule has 0 aromatic heterocycles. The Morgan fingerprint density at radius 3 is 2.21 bits per heavy atom. The molecule has 4 nitrogen and oxygen atoms in total. The van der Waals surface area contributed by atoms with E-state index in [2.05, 4.69) is 18.7 Å². The molecule has 0 rings (SSSR count). The van der Waals surface area contributed by atoms with Crippen LogP contribution in [0.15, 0.2) is 0 Å². The van der Waals surface area contributed by atoms with Crippen LogP contribution in [0.2, 0.25) is 0 Å². The van der Waals surface area contributed by atoms with E-state index in [1.807, 2.05) is 11.9 Å². The van der Waals surface area contributed by atoms with Gasteiger partial charge in [0.1, 0.15) is 0 Å². The van der Waals surface area contributed by atoms with Crippen molar-refractivity contribution in [2.24, 2.45) is 0 Å². The van der Waals surface area contributed by atoms with Gasteiger partial charge in [-0.2, -0.15) is 0 Å². The number of aliphatic carboxylic acids is 1. The summed E-state index contributed by atoms with van der Waals surface area (Å²) in [5.41, 5.74) is 0. The van der Waals surface area contributed by atoms with Crippen molar-refractivity contribution in [1.29, 1.82) is 0 Å². The summed E-state index contributed by atoms with van der Waals surface area (Å²) >= 11 is 0. The van der Waals surface area contributed by atoms with E-state index in [0.717, 1.165) is 32.6 Å². The Kier molecular flexibility index (Phi) is 7.42. The van der Waals surface area contributed by atoms with Crippen molar-refractivity contribution in [3.05, 3.63) is 0 Å². The number of nitrogens with zero attached hydrogens (tertiary/aromatic N) is 2. The summed E-state index contributed by atoms with van der Waals surface area (Å²) in [4.78, 5) is 14.5. The first-order chi connectivity index (χ1) is 6.60. The van der Waals surface area contributed by atoms with E-state index < -0.39 is 5.97 Å². The number of rotatable bonds is 8. The second-order valence-electron chi connectivity index (χ2n) is 3.51. The van der Waals surface area contributed by atoms with Gasteiger partial charge in [-0.3, -0.25) is 9.69 Å². The van der Waals surface area contributed by atoms with Gasteiger partial charge in [0, 0.05) is 0 Å². The van der Waals surface area contributed by atoms with Gasteiger partial charge in [-0.15, -0.1) is 0 Å². The smallest absolute Gasteiger partial charge is 0.317 e. The van der Waals surface area contributed by atoms with Crippen molar-refractivity contribution < 1.29 is 9.90 Å². The predicted octanol–water partition coefficient (Wildman–Crippen LogP) is 0.735. The Labute approximate surface area is 86.5 Å². The summed E-state index contributed by atoms with van der Waals surface area (Å²) in [5.74, 6) is -0.754. The van der Waals surface area contributed by atoms with E-state index >= 15 is 0 Å². The Morgan fingerprint density at radius 2 is 1.79 bits per heavy atom. The van der Waals surface area contributed by atoms with Crippen LogP contribution in [0.25, 0.3) is 0 Å². The number of hydrogen-bond acceptors (Lipinski definition) is 3. The first-order valence-electron chi connectivity index (χ1n) is 5.22. The van der Waals surface area contributed by atoms with Crippen LogP contribution in [0, 0.1) is 0 Å². The Morgan fingerprint density at radius 1 is 1.21 bits per heavy atom. The predicted molar refractivity (Wildman–Crippen MR) is 57.5 cm³/mol. The number of likely N-dealkylation sites (N-methyl/N-ethyl adjacent to an activating group) is 1. The van der Waals surface area contributed by atoms with Crippen molar-refractivity contribution in [3.8, 4) is 0 Å². The van der Waals surface area contributed by atoms with E-state index in [4.69, 9.17) is 5.11 Å². The topological polar surface area (TPSA) is 43.8 Å². The molecule has 0 saturated carbocycles. The molecule has 0 amide bonds. The zero-order valence-electron chi connectivity index (χ0n) is 9.49. The fourth-order valence-electron chi connectivity index (χ4n) is 1.41. The average Bonchev–Trinajstić information content (AvgIpc) is 2.11. The molecule has 84 valence electrons. The molecular weight excluding hydrogens is 180 g/mol. The molecule has 0 aromatic carbocycles. The van der Waals surface area contributed by atoms with Crippen LogP contribution >= 0.6 is 0 Å². The number of carboxylic acid groups (broad SMARTS) is 1. The molecule has 4 heteroatoms. The summed E-state index contributed by atoms with van der Waals surface area (Å²) < 4.78 is 0. The normalized spacial score (nSPS) is 11.2. The maximum atomic E-state index is 10.4. The van der Waals surface area contributed by atoms with Crippen LogP contribution in [0.4, 0.5) is 0 Å². The Bertz CT molecular complexity index is 158. The van der Waals surface area contributed by atoms with Crippen LogP contribution in [0.5, 0.6) is 0 Å². The van der Waals surface area contributed by atoms with E-state index in [0.29, 0.717) is 0 Å². The van der Waals surface area contributed by atoms with Gasteiger partial charge in [-0.05, 0) is 39.6 Å². The average molecular weight is 202 g/mol. The zero-order chi connectivity index (χ0) is 11.0. The third-order valence-electron chi connectivity index (χ3n) is 2.31. The highest BCUT2D eigenvalue weighted by Crippen LogP contribution is 1.93. The standard InChI is InChI=1S/C10H22N2O2/c1-4-12(5-2)8-6-7-11(3)9-10(13)14/h4-9H2,1-3H3,(H,13,14). The van der Waals surface area contributed by atoms with Crippen molar-refractivity contribution in [1.82, 2.24) is 9.80 Å². The highest BCUT2D eigenvalue weighted by molar-refractivity contribution is 5.68. The molecule has 0 aliphatic rings. The first-order valence-corrected chi connectivity index (χ1v) is 5.22. The fraction of sp³-hybridized carbons (Fsp3) is 0.900. The largest absolute Gasteiger partial charge is 0.480 e. The molecule has 0 fully saturated rings. The second kappa shape index (κ2) is 7.76. The van der Waals surface area contributed by atoms with Crippen molar-refractivity contribution >= 4 is 5.97 Å². The lowest BCUT2D eigenvalue weighted by molar-refractivity contribution is -0.137. The number of carboxylic acids is 1. The molecule has 0 atom stereocenters. The minimum Gasteiger partial charge on any atom is -0.480 e. The van der Waals surface area contributed by atoms with Crippen molar-refractivity contribution in [2.45, 2.75) is 20.3 Å². The third-order valence-corrected chi connectivity index (χ3v) is 2.31. The zero-order valence-corrected chi connectivity index (χ0v) is 9.49.